The lowest BCUT2D eigenvalue weighted by atomic mass is 9.85. The average Bonchev–Trinajstić information content (AvgIpc) is 2.60. The molecule has 0 aliphatic heterocycles. The molecule has 0 heterocycles. The Bertz CT molecular complexity index is 572. The van der Waals surface area contributed by atoms with E-state index in [0.29, 0.717) is 12.2 Å². The third kappa shape index (κ3) is 5.18. The maximum absolute atomic E-state index is 12.4. The number of benzene rings is 1. The number of carbonyl (C=O) groups is 1. The number of ether oxygens (including phenoxy) is 1. The van der Waals surface area contributed by atoms with Crippen LogP contribution < -0.4 is 5.48 Å². The molecule has 1 N–H and O–H groups in total. The fourth-order valence-corrected chi connectivity index (χ4v) is 3.37. The number of carbonyl (C=O) groups excluding carboxylic acids is 1. The molecule has 24 heavy (non-hydrogen) atoms. The van der Waals surface area contributed by atoms with Gasteiger partial charge in [-0.2, -0.15) is 0 Å². The molecule has 0 unspecified atom stereocenters. The van der Waals surface area contributed by atoms with Gasteiger partial charge in [0.15, 0.2) is 0 Å². The van der Waals surface area contributed by atoms with Crippen LogP contribution >= 0.6 is 0 Å². The zero-order chi connectivity index (χ0) is 17.4. The van der Waals surface area contributed by atoms with Gasteiger partial charge >= 0.3 is 0 Å². The van der Waals surface area contributed by atoms with Gasteiger partial charge in [-0.3, -0.25) is 9.63 Å². The molecule has 1 fully saturated rings. The molecular weight excluding hydrogens is 302 g/mol. The molecule has 0 spiro atoms. The average molecular weight is 331 g/mol. The van der Waals surface area contributed by atoms with Crippen LogP contribution in [0, 0.1) is 6.92 Å². The van der Waals surface area contributed by atoms with Crippen LogP contribution in [0.4, 0.5) is 0 Å². The van der Waals surface area contributed by atoms with Gasteiger partial charge in [0.05, 0.1) is 7.11 Å². The molecule has 1 aliphatic carbocycles. The standard InChI is InChI=1S/C20H29NO3/c1-15-9-10-18(19(13-15)20(22)21-24-3)17(11-12-23-2)14-16-7-5-4-6-8-16/h9-10,13-14,17H,4-8,11-12H2,1-3H3,(H,21,22)/t17-/m1/s1. The van der Waals surface area contributed by atoms with E-state index >= 15 is 0 Å². The Balaban J connectivity index is 2.35. The Kier molecular flexibility index (Phi) is 7.47. The third-order valence-corrected chi connectivity index (χ3v) is 4.61. The van der Waals surface area contributed by atoms with Crippen molar-refractivity contribution in [1.29, 1.82) is 0 Å². The zero-order valence-corrected chi connectivity index (χ0v) is 15.1. The van der Waals surface area contributed by atoms with Crippen molar-refractivity contribution in [2.45, 2.75) is 51.4 Å². The molecule has 1 atom stereocenters. The topological polar surface area (TPSA) is 47.6 Å². The Morgan fingerprint density at radius 3 is 2.67 bits per heavy atom. The normalized spacial score (nSPS) is 15.9. The summed E-state index contributed by atoms with van der Waals surface area (Å²) < 4.78 is 5.30. The van der Waals surface area contributed by atoms with Crippen molar-refractivity contribution in [1.82, 2.24) is 5.48 Å². The van der Waals surface area contributed by atoms with E-state index in [2.05, 4.69) is 23.7 Å². The van der Waals surface area contributed by atoms with E-state index in [9.17, 15) is 4.79 Å². The Morgan fingerprint density at radius 2 is 2.00 bits per heavy atom. The Hall–Kier alpha value is -1.65. The van der Waals surface area contributed by atoms with Crippen molar-refractivity contribution in [3.8, 4) is 0 Å². The number of amides is 1. The number of rotatable bonds is 7. The summed E-state index contributed by atoms with van der Waals surface area (Å²) in [5.74, 6) is -0.00285. The van der Waals surface area contributed by atoms with E-state index in [1.165, 1.54) is 44.8 Å². The van der Waals surface area contributed by atoms with Crippen LogP contribution in [0.15, 0.2) is 29.8 Å². The largest absolute Gasteiger partial charge is 0.385 e. The summed E-state index contributed by atoms with van der Waals surface area (Å²) in [5.41, 5.74) is 6.77. The molecule has 0 radical (unpaired) electrons. The first-order valence-electron chi connectivity index (χ1n) is 8.78. The molecule has 0 aromatic heterocycles. The highest BCUT2D eigenvalue weighted by atomic mass is 16.6. The maximum Gasteiger partial charge on any atom is 0.275 e. The quantitative estimate of drug-likeness (QED) is 0.599. The monoisotopic (exact) mass is 331 g/mol. The minimum atomic E-state index is -0.194. The third-order valence-electron chi connectivity index (χ3n) is 4.61. The summed E-state index contributed by atoms with van der Waals surface area (Å²) in [5, 5.41) is 0. The van der Waals surface area contributed by atoms with Crippen LogP contribution in [-0.4, -0.2) is 26.7 Å². The highest BCUT2D eigenvalue weighted by Crippen LogP contribution is 2.31. The smallest absolute Gasteiger partial charge is 0.275 e. The fourth-order valence-electron chi connectivity index (χ4n) is 3.37. The summed E-state index contributed by atoms with van der Waals surface area (Å²) in [7, 11) is 3.18. The fraction of sp³-hybridized carbons (Fsp3) is 0.550. The number of hydrogen-bond acceptors (Lipinski definition) is 3. The van der Waals surface area contributed by atoms with Gasteiger partial charge in [-0.05, 0) is 50.7 Å². The summed E-state index contributed by atoms with van der Waals surface area (Å²) in [4.78, 5) is 17.2. The number of allylic oxidation sites excluding steroid dienone is 2. The van der Waals surface area contributed by atoms with Gasteiger partial charge < -0.3 is 4.74 Å². The van der Waals surface area contributed by atoms with Gasteiger partial charge in [0.2, 0.25) is 0 Å². The summed E-state index contributed by atoms with van der Waals surface area (Å²) >= 11 is 0. The Morgan fingerprint density at radius 1 is 1.25 bits per heavy atom. The van der Waals surface area contributed by atoms with Gasteiger partial charge in [-0.15, -0.1) is 0 Å². The van der Waals surface area contributed by atoms with Crippen molar-refractivity contribution in [3.05, 3.63) is 46.5 Å². The van der Waals surface area contributed by atoms with Crippen LogP contribution in [0.3, 0.4) is 0 Å². The first-order valence-corrected chi connectivity index (χ1v) is 8.78. The molecule has 0 bridgehead atoms. The number of aryl methyl sites for hydroxylation is 1. The number of hydrogen-bond donors (Lipinski definition) is 1. The first kappa shape index (κ1) is 18.7. The van der Waals surface area contributed by atoms with E-state index < -0.39 is 0 Å². The second-order valence-corrected chi connectivity index (χ2v) is 6.50. The van der Waals surface area contributed by atoms with E-state index in [-0.39, 0.29) is 11.8 Å². The van der Waals surface area contributed by atoms with Crippen molar-refractivity contribution >= 4 is 5.91 Å². The molecule has 132 valence electrons. The second-order valence-electron chi connectivity index (χ2n) is 6.50. The molecule has 2 rings (SSSR count). The predicted molar refractivity (Wildman–Crippen MR) is 96.1 cm³/mol. The van der Waals surface area contributed by atoms with E-state index in [4.69, 9.17) is 9.57 Å². The highest BCUT2D eigenvalue weighted by molar-refractivity contribution is 5.95. The van der Waals surface area contributed by atoms with Gasteiger partial charge in [-0.25, -0.2) is 5.48 Å². The number of methoxy groups -OCH3 is 1. The highest BCUT2D eigenvalue weighted by Gasteiger charge is 2.19. The number of hydroxylamine groups is 1. The second kappa shape index (κ2) is 9.60. The van der Waals surface area contributed by atoms with Crippen LogP contribution in [-0.2, 0) is 9.57 Å². The minimum absolute atomic E-state index is 0.191. The van der Waals surface area contributed by atoms with Crippen molar-refractivity contribution in [2.75, 3.05) is 20.8 Å². The molecule has 1 aromatic carbocycles. The molecule has 1 amide bonds. The predicted octanol–water partition coefficient (Wildman–Crippen LogP) is 4.30. The first-order chi connectivity index (χ1) is 11.7. The minimum Gasteiger partial charge on any atom is -0.385 e. The maximum atomic E-state index is 12.4. The van der Waals surface area contributed by atoms with Gasteiger partial charge in [0.25, 0.3) is 5.91 Å². The molecule has 1 aliphatic rings. The van der Waals surface area contributed by atoms with Gasteiger partial charge in [0.1, 0.15) is 0 Å². The zero-order valence-electron chi connectivity index (χ0n) is 15.1. The molecule has 4 heteroatoms. The number of nitrogens with one attached hydrogen (secondary N) is 1. The lowest BCUT2D eigenvalue weighted by Gasteiger charge is -2.21. The lowest BCUT2D eigenvalue weighted by molar-refractivity contribution is 0.0536. The van der Waals surface area contributed by atoms with E-state index in [0.717, 1.165) is 17.5 Å². The molecular formula is C20H29NO3. The van der Waals surface area contributed by atoms with E-state index in [1.54, 1.807) is 7.11 Å². The van der Waals surface area contributed by atoms with Gasteiger partial charge in [0, 0.05) is 25.2 Å². The van der Waals surface area contributed by atoms with Crippen molar-refractivity contribution in [3.63, 3.8) is 0 Å². The van der Waals surface area contributed by atoms with Crippen LogP contribution in [0.1, 0.15) is 65.9 Å². The van der Waals surface area contributed by atoms with Crippen LogP contribution in [0.2, 0.25) is 0 Å². The Labute approximate surface area is 145 Å². The summed E-state index contributed by atoms with van der Waals surface area (Å²) in [6, 6.07) is 6.07. The van der Waals surface area contributed by atoms with Gasteiger partial charge in [-0.1, -0.05) is 35.8 Å². The van der Waals surface area contributed by atoms with Crippen molar-refractivity contribution < 1.29 is 14.4 Å². The lowest BCUT2D eigenvalue weighted by Crippen LogP contribution is -2.24. The summed E-state index contributed by atoms with van der Waals surface area (Å²) in [6.45, 7) is 2.67. The molecule has 4 nitrogen and oxygen atoms in total. The molecule has 0 saturated heterocycles. The molecule has 1 saturated carbocycles. The molecule has 1 aromatic rings. The van der Waals surface area contributed by atoms with Crippen molar-refractivity contribution in [2.24, 2.45) is 0 Å². The van der Waals surface area contributed by atoms with E-state index in [1.807, 2.05) is 13.0 Å². The van der Waals surface area contributed by atoms with Crippen LogP contribution in [0.25, 0.3) is 0 Å². The van der Waals surface area contributed by atoms with Crippen LogP contribution in [0.5, 0.6) is 0 Å². The SMILES string of the molecule is COCC[C@H](C=C1CCCCC1)c1ccc(C)cc1C(=O)NOC. The summed E-state index contributed by atoms with van der Waals surface area (Å²) in [6.07, 6.45) is 9.46.